The summed E-state index contributed by atoms with van der Waals surface area (Å²) >= 11 is 0. The Morgan fingerprint density at radius 3 is 2.34 bits per heavy atom. The Hall–Kier alpha value is -3.66. The fourth-order valence-electron chi connectivity index (χ4n) is 3.95. The average Bonchev–Trinajstić information content (AvgIpc) is 2.83. The highest BCUT2D eigenvalue weighted by molar-refractivity contribution is 6.14. The lowest BCUT2D eigenvalue weighted by atomic mass is 9.96. The molecule has 0 saturated heterocycles. The van der Waals surface area contributed by atoms with Gasteiger partial charge in [-0.15, -0.1) is 0 Å². The van der Waals surface area contributed by atoms with E-state index in [0.717, 1.165) is 45.6 Å². The van der Waals surface area contributed by atoms with Crippen LogP contribution in [0, 0.1) is 6.92 Å². The molecule has 1 amide bonds. The number of anilines is 1. The molecular formula is C28H28N2O2. The summed E-state index contributed by atoms with van der Waals surface area (Å²) in [4.78, 5) is 18.3. The molecule has 162 valence electrons. The summed E-state index contributed by atoms with van der Waals surface area (Å²) in [5, 5.41) is 3.93. The van der Waals surface area contributed by atoms with Crippen LogP contribution >= 0.6 is 0 Å². The number of hydrogen-bond donors (Lipinski definition) is 1. The molecule has 4 nitrogen and oxygen atoms in total. The first-order chi connectivity index (χ1) is 15.5. The van der Waals surface area contributed by atoms with Crippen LogP contribution in [0.1, 0.15) is 47.7 Å². The van der Waals surface area contributed by atoms with Gasteiger partial charge in [-0.05, 0) is 72.9 Å². The molecule has 4 rings (SSSR count). The van der Waals surface area contributed by atoms with Gasteiger partial charge in [-0.25, -0.2) is 4.98 Å². The van der Waals surface area contributed by atoms with Gasteiger partial charge in [-0.3, -0.25) is 4.79 Å². The smallest absolute Gasteiger partial charge is 0.256 e. The summed E-state index contributed by atoms with van der Waals surface area (Å²) in [6.45, 7) is 6.35. The third-order valence-corrected chi connectivity index (χ3v) is 6.08. The second kappa shape index (κ2) is 9.23. The Labute approximate surface area is 189 Å². The molecule has 0 spiro atoms. The van der Waals surface area contributed by atoms with E-state index in [1.54, 1.807) is 7.11 Å². The van der Waals surface area contributed by atoms with Crippen LogP contribution in [0.2, 0.25) is 0 Å². The summed E-state index contributed by atoms with van der Waals surface area (Å²) in [6.07, 6.45) is 1.09. The second-order valence-corrected chi connectivity index (χ2v) is 8.09. The first-order valence-electron chi connectivity index (χ1n) is 11.0. The monoisotopic (exact) mass is 424 g/mol. The third-order valence-electron chi connectivity index (χ3n) is 6.08. The molecule has 3 aromatic carbocycles. The number of amides is 1. The molecule has 0 bridgehead atoms. The highest BCUT2D eigenvalue weighted by atomic mass is 16.5. The number of benzene rings is 3. The molecule has 4 aromatic rings. The van der Waals surface area contributed by atoms with E-state index in [2.05, 4.69) is 31.3 Å². The van der Waals surface area contributed by atoms with Crippen molar-refractivity contribution >= 4 is 22.5 Å². The highest BCUT2D eigenvalue weighted by Crippen LogP contribution is 2.31. The Morgan fingerprint density at radius 2 is 1.69 bits per heavy atom. The van der Waals surface area contributed by atoms with Crippen molar-refractivity contribution in [2.75, 3.05) is 12.4 Å². The van der Waals surface area contributed by atoms with Gasteiger partial charge in [0.1, 0.15) is 5.75 Å². The van der Waals surface area contributed by atoms with Gasteiger partial charge in [0.2, 0.25) is 0 Å². The van der Waals surface area contributed by atoms with E-state index >= 15 is 0 Å². The molecule has 0 saturated carbocycles. The maximum Gasteiger partial charge on any atom is 0.256 e. The normalized spacial score (nSPS) is 11.9. The molecule has 0 radical (unpaired) electrons. The third kappa shape index (κ3) is 4.22. The summed E-state index contributed by atoms with van der Waals surface area (Å²) in [7, 11) is 1.65. The number of nitrogens with zero attached hydrogens (tertiary/aromatic N) is 1. The minimum Gasteiger partial charge on any atom is -0.497 e. The molecule has 4 heteroatoms. The Bertz CT molecular complexity index is 1250. The molecule has 1 N–H and O–H groups in total. The number of carbonyl (C=O) groups is 1. The lowest BCUT2D eigenvalue weighted by Crippen LogP contribution is -2.15. The predicted octanol–water partition coefficient (Wildman–Crippen LogP) is 6.98. The molecule has 0 fully saturated rings. The van der Waals surface area contributed by atoms with Gasteiger partial charge in [-0.1, -0.05) is 44.2 Å². The van der Waals surface area contributed by atoms with Gasteiger partial charge in [0.15, 0.2) is 0 Å². The Morgan fingerprint density at radius 1 is 1.00 bits per heavy atom. The van der Waals surface area contributed by atoms with Crippen molar-refractivity contribution in [3.63, 3.8) is 0 Å². The van der Waals surface area contributed by atoms with E-state index < -0.39 is 0 Å². The Kier molecular flexibility index (Phi) is 6.22. The largest absolute Gasteiger partial charge is 0.497 e. The van der Waals surface area contributed by atoms with Crippen LogP contribution in [0.15, 0.2) is 72.8 Å². The molecule has 1 unspecified atom stereocenters. The van der Waals surface area contributed by atoms with Crippen LogP contribution in [0.25, 0.3) is 22.2 Å². The van der Waals surface area contributed by atoms with Crippen LogP contribution in [-0.2, 0) is 0 Å². The standard InChI is InChI=1S/C28H28N2O2/c1-5-18(2)20-10-14-22(15-11-20)29-28(31)26-19(3)27(21-12-16-23(32-4)17-13-21)30-25-9-7-6-8-24(25)26/h6-18H,5H2,1-4H3,(H,29,31). The maximum absolute atomic E-state index is 13.4. The van der Waals surface area contributed by atoms with Crippen LogP contribution in [0.5, 0.6) is 5.75 Å². The highest BCUT2D eigenvalue weighted by Gasteiger charge is 2.19. The quantitative estimate of drug-likeness (QED) is 0.363. The molecule has 0 aliphatic rings. The van der Waals surface area contributed by atoms with E-state index in [9.17, 15) is 4.79 Å². The van der Waals surface area contributed by atoms with Crippen molar-refractivity contribution in [1.82, 2.24) is 4.98 Å². The average molecular weight is 425 g/mol. The zero-order valence-corrected chi connectivity index (χ0v) is 19.0. The van der Waals surface area contributed by atoms with E-state index in [0.29, 0.717) is 11.5 Å². The number of fused-ring (bicyclic) bond motifs is 1. The molecule has 0 aliphatic carbocycles. The lowest BCUT2D eigenvalue weighted by molar-refractivity contribution is 0.102. The summed E-state index contributed by atoms with van der Waals surface area (Å²) in [6, 6.07) is 23.7. The summed E-state index contributed by atoms with van der Waals surface area (Å²) < 4.78 is 5.28. The minimum atomic E-state index is -0.132. The van der Waals surface area contributed by atoms with Gasteiger partial charge in [0, 0.05) is 16.6 Å². The zero-order valence-electron chi connectivity index (χ0n) is 19.0. The van der Waals surface area contributed by atoms with E-state index in [-0.39, 0.29) is 5.91 Å². The topological polar surface area (TPSA) is 51.2 Å². The molecule has 1 aromatic heterocycles. The molecule has 0 aliphatic heterocycles. The second-order valence-electron chi connectivity index (χ2n) is 8.09. The van der Waals surface area contributed by atoms with Crippen LogP contribution in [-0.4, -0.2) is 18.0 Å². The molecule has 1 heterocycles. The number of nitrogens with one attached hydrogen (secondary N) is 1. The number of methoxy groups -OCH3 is 1. The van der Waals surface area contributed by atoms with Crippen molar-refractivity contribution in [3.8, 4) is 17.0 Å². The number of hydrogen-bond acceptors (Lipinski definition) is 3. The van der Waals surface area contributed by atoms with Crippen LogP contribution in [0.4, 0.5) is 5.69 Å². The number of aromatic nitrogens is 1. The molecular weight excluding hydrogens is 396 g/mol. The van der Waals surface area contributed by atoms with Crippen molar-refractivity contribution in [2.45, 2.75) is 33.1 Å². The van der Waals surface area contributed by atoms with Crippen molar-refractivity contribution < 1.29 is 9.53 Å². The Balaban J connectivity index is 1.75. The van der Waals surface area contributed by atoms with Crippen molar-refractivity contribution in [1.29, 1.82) is 0 Å². The lowest BCUT2D eigenvalue weighted by Gasteiger charge is -2.15. The van der Waals surface area contributed by atoms with Gasteiger partial charge >= 0.3 is 0 Å². The number of ether oxygens (including phenoxy) is 1. The van der Waals surface area contributed by atoms with Crippen LogP contribution in [0.3, 0.4) is 0 Å². The number of carbonyl (C=O) groups excluding carboxylic acids is 1. The number of pyridine rings is 1. The van der Waals surface area contributed by atoms with Gasteiger partial charge in [-0.2, -0.15) is 0 Å². The first-order valence-corrected chi connectivity index (χ1v) is 11.0. The maximum atomic E-state index is 13.4. The molecule has 32 heavy (non-hydrogen) atoms. The number of rotatable bonds is 6. The molecule has 1 atom stereocenters. The van der Waals surface area contributed by atoms with Crippen molar-refractivity contribution in [3.05, 3.63) is 89.5 Å². The summed E-state index contributed by atoms with van der Waals surface area (Å²) in [5.74, 6) is 1.15. The fraction of sp³-hybridized carbons (Fsp3) is 0.214. The van der Waals surface area contributed by atoms with E-state index in [4.69, 9.17) is 9.72 Å². The summed E-state index contributed by atoms with van der Waals surface area (Å²) in [5.41, 5.74) is 6.09. The zero-order chi connectivity index (χ0) is 22.7. The van der Waals surface area contributed by atoms with E-state index in [1.807, 2.05) is 67.6 Å². The fourth-order valence-corrected chi connectivity index (χ4v) is 3.95. The van der Waals surface area contributed by atoms with Crippen molar-refractivity contribution in [2.24, 2.45) is 0 Å². The minimum absolute atomic E-state index is 0.132. The first kappa shape index (κ1) is 21.6. The SMILES string of the molecule is CCC(C)c1ccc(NC(=O)c2c(C)c(-c3ccc(OC)cc3)nc3ccccc23)cc1. The van der Waals surface area contributed by atoms with Gasteiger partial charge in [0.05, 0.1) is 23.9 Å². The predicted molar refractivity (Wildman–Crippen MR) is 132 cm³/mol. The van der Waals surface area contributed by atoms with Gasteiger partial charge < -0.3 is 10.1 Å². The number of para-hydroxylation sites is 1. The van der Waals surface area contributed by atoms with E-state index in [1.165, 1.54) is 5.56 Å². The van der Waals surface area contributed by atoms with Gasteiger partial charge in [0.25, 0.3) is 5.91 Å². The van der Waals surface area contributed by atoms with Crippen LogP contribution < -0.4 is 10.1 Å².